The molecule has 2 aliphatic carbocycles. The van der Waals surface area contributed by atoms with Gasteiger partial charge in [0.15, 0.2) is 24.6 Å². The number of aromatic nitrogens is 3. The van der Waals surface area contributed by atoms with Gasteiger partial charge in [-0.3, -0.25) is 19.2 Å². The zero-order chi connectivity index (χ0) is 38.7. The van der Waals surface area contributed by atoms with Crippen LogP contribution in [0.25, 0.3) is 0 Å². The average Bonchev–Trinajstić information content (AvgIpc) is 3.75. The molecule has 1 aromatic heterocycles. The number of hydrogen-bond donors (Lipinski definition) is 1. The fraction of sp³-hybridized carbons (Fsp3) is 0.647. The lowest BCUT2D eigenvalue weighted by Gasteiger charge is -2.43. The molecule has 0 radical (unpaired) electrons. The van der Waals surface area contributed by atoms with Gasteiger partial charge < -0.3 is 37.9 Å². The number of rotatable bonds is 12. The molecule has 2 heterocycles. The van der Waals surface area contributed by atoms with Gasteiger partial charge in [-0.1, -0.05) is 29.4 Å². The minimum Gasteiger partial charge on any atom is -0.463 e. The number of ether oxygens (including phenoxy) is 8. The zero-order valence-corrected chi connectivity index (χ0v) is 30.6. The standard InChI is InChI=1S/C34H47N5O14/c1-7-46-33(44)36-39(34(45)47-8-2)28-25(23-12-10-9-11-13-23)14-15-26(28)38-16-24(35-37-38)17-49-32-31(52-22(6)43)30(51-21(5)42)29(50-20(4)41)27(53-32)18-48-19(3)40/h14-16,26-32H,7-13,17-18H2,1-6H3,(H,36,44)/t26-,27-,28-,29-,30+,31+,32+/m1/s1. The van der Waals surface area contributed by atoms with E-state index in [1.807, 2.05) is 12.2 Å². The number of esters is 4. The van der Waals surface area contributed by atoms with E-state index in [4.69, 9.17) is 37.9 Å². The van der Waals surface area contributed by atoms with Gasteiger partial charge >= 0.3 is 36.1 Å². The van der Waals surface area contributed by atoms with E-state index in [2.05, 4.69) is 15.7 Å². The third-order valence-corrected chi connectivity index (χ3v) is 8.42. The van der Waals surface area contributed by atoms with Crippen molar-refractivity contribution < 1.29 is 66.7 Å². The molecule has 3 aliphatic rings. The van der Waals surface area contributed by atoms with Gasteiger partial charge in [0, 0.05) is 27.7 Å². The summed E-state index contributed by atoms with van der Waals surface area (Å²) in [5.41, 5.74) is 4.80. The summed E-state index contributed by atoms with van der Waals surface area (Å²) in [5, 5.41) is 9.65. The Kier molecular flexibility index (Phi) is 14.7. The highest BCUT2D eigenvalue weighted by molar-refractivity contribution is 5.75. The molecule has 0 bridgehead atoms. The highest BCUT2D eigenvalue weighted by atomic mass is 16.7. The van der Waals surface area contributed by atoms with E-state index in [0.29, 0.717) is 0 Å². The smallest absolute Gasteiger partial charge is 0.429 e. The molecule has 1 aliphatic heterocycles. The van der Waals surface area contributed by atoms with E-state index in [1.54, 1.807) is 20.0 Å². The number of allylic oxidation sites excluding steroid dienone is 1. The predicted octanol–water partition coefficient (Wildman–Crippen LogP) is 2.74. The highest BCUT2D eigenvalue weighted by Gasteiger charge is 2.53. The van der Waals surface area contributed by atoms with Crippen LogP contribution in [0.3, 0.4) is 0 Å². The van der Waals surface area contributed by atoms with Gasteiger partial charge in [-0.05, 0) is 45.1 Å². The zero-order valence-electron chi connectivity index (χ0n) is 30.6. The Morgan fingerprint density at radius 1 is 0.849 bits per heavy atom. The molecule has 53 heavy (non-hydrogen) atoms. The van der Waals surface area contributed by atoms with E-state index in [9.17, 15) is 28.8 Å². The average molecular weight is 750 g/mol. The SMILES string of the molecule is CCOC(=O)NN(C(=O)OCC)[C@@H]1C(=C2CCCCC2)C=C[C@H]1n1cc(CO[C@H]2O[C@H](COC(C)=O)[C@@H](OC(C)=O)[C@H](OC(C)=O)[C@@H]2OC(C)=O)nn1. The van der Waals surface area contributed by atoms with E-state index in [1.165, 1.54) is 11.6 Å². The first-order chi connectivity index (χ1) is 25.3. The third-order valence-electron chi connectivity index (χ3n) is 8.42. The van der Waals surface area contributed by atoms with Crippen molar-refractivity contribution in [3.05, 3.63) is 35.2 Å². The van der Waals surface area contributed by atoms with E-state index < -0.39 is 85.5 Å². The number of hydrogen-bond acceptors (Lipinski definition) is 16. The maximum atomic E-state index is 13.3. The van der Waals surface area contributed by atoms with Gasteiger partial charge in [-0.15, -0.1) is 5.10 Å². The maximum Gasteiger partial charge on any atom is 0.429 e. The number of carbonyl (C=O) groups is 6. The molecule has 1 aromatic rings. The Morgan fingerprint density at radius 3 is 2.11 bits per heavy atom. The third kappa shape index (κ3) is 11.0. The van der Waals surface area contributed by atoms with Crippen LogP contribution in [0.1, 0.15) is 85.4 Å². The Labute approximate surface area is 306 Å². The maximum absolute atomic E-state index is 13.3. The van der Waals surface area contributed by atoms with Gasteiger partial charge in [0.05, 0.1) is 32.1 Å². The van der Waals surface area contributed by atoms with Gasteiger partial charge in [-0.25, -0.2) is 24.7 Å². The van der Waals surface area contributed by atoms with Crippen molar-refractivity contribution in [1.29, 1.82) is 0 Å². The molecular weight excluding hydrogens is 702 g/mol. The van der Waals surface area contributed by atoms with Crippen molar-refractivity contribution in [3.63, 3.8) is 0 Å². The van der Waals surface area contributed by atoms with Gasteiger partial charge in [0.2, 0.25) is 0 Å². The minimum atomic E-state index is -1.43. The van der Waals surface area contributed by atoms with Crippen molar-refractivity contribution in [2.45, 2.75) is 123 Å². The molecule has 0 aromatic carbocycles. The number of nitrogens with one attached hydrogen (secondary N) is 1. The van der Waals surface area contributed by atoms with Crippen LogP contribution in [0.5, 0.6) is 0 Å². The molecular formula is C34H47N5O14. The first-order valence-electron chi connectivity index (χ1n) is 17.4. The van der Waals surface area contributed by atoms with Crippen LogP contribution in [0.2, 0.25) is 0 Å². The second kappa shape index (κ2) is 19.2. The normalized spacial score (nSPS) is 25.2. The monoisotopic (exact) mass is 749 g/mol. The van der Waals surface area contributed by atoms with E-state index in [-0.39, 0.29) is 25.5 Å². The molecule has 19 heteroatoms. The summed E-state index contributed by atoms with van der Waals surface area (Å²) in [6.07, 6.45) is 1.58. The molecule has 7 atom stereocenters. The second-order valence-corrected chi connectivity index (χ2v) is 12.4. The Hall–Kier alpha value is -5.04. The summed E-state index contributed by atoms with van der Waals surface area (Å²) >= 11 is 0. The lowest BCUT2D eigenvalue weighted by atomic mass is 9.88. The molecule has 1 saturated carbocycles. The molecule has 292 valence electrons. The molecule has 0 spiro atoms. The largest absolute Gasteiger partial charge is 0.463 e. The number of carbonyl (C=O) groups excluding carboxylic acids is 6. The second-order valence-electron chi connectivity index (χ2n) is 12.4. The quantitative estimate of drug-likeness (QED) is 0.184. The first-order valence-corrected chi connectivity index (χ1v) is 17.4. The Balaban J connectivity index is 1.64. The first kappa shape index (κ1) is 40.7. The minimum absolute atomic E-state index is 0.0562. The van der Waals surface area contributed by atoms with E-state index in [0.717, 1.165) is 69.0 Å². The molecule has 2 fully saturated rings. The van der Waals surface area contributed by atoms with Crippen LogP contribution in [-0.2, 0) is 63.7 Å². The van der Waals surface area contributed by atoms with Gasteiger partial charge in [0.25, 0.3) is 0 Å². The van der Waals surface area contributed by atoms with Gasteiger partial charge in [0.1, 0.15) is 24.4 Å². The Bertz CT molecular complexity index is 1550. The number of nitrogens with zero attached hydrogens (tertiary/aromatic N) is 4. The van der Waals surface area contributed by atoms with Crippen LogP contribution in [0.15, 0.2) is 29.5 Å². The van der Waals surface area contributed by atoms with Crippen LogP contribution in [0, 0.1) is 0 Å². The molecule has 1 N–H and O–H groups in total. The summed E-state index contributed by atoms with van der Waals surface area (Å²) in [6, 6.07) is -1.43. The molecule has 2 amide bonds. The molecule has 0 unspecified atom stereocenters. The van der Waals surface area contributed by atoms with Crippen molar-refractivity contribution in [2.24, 2.45) is 0 Å². The fourth-order valence-electron chi connectivity index (χ4n) is 6.41. The fourth-order valence-corrected chi connectivity index (χ4v) is 6.41. The summed E-state index contributed by atoms with van der Waals surface area (Å²) in [4.78, 5) is 74.0. The lowest BCUT2D eigenvalue weighted by Crippen LogP contribution is -2.62. The summed E-state index contributed by atoms with van der Waals surface area (Å²) in [7, 11) is 0. The summed E-state index contributed by atoms with van der Waals surface area (Å²) < 4.78 is 45.4. The van der Waals surface area contributed by atoms with Crippen molar-refractivity contribution in [2.75, 3.05) is 19.8 Å². The van der Waals surface area contributed by atoms with Gasteiger partial charge in [-0.2, -0.15) is 0 Å². The Morgan fingerprint density at radius 2 is 1.49 bits per heavy atom. The molecule has 19 nitrogen and oxygen atoms in total. The van der Waals surface area contributed by atoms with Crippen molar-refractivity contribution in [1.82, 2.24) is 25.4 Å². The highest BCUT2D eigenvalue weighted by Crippen LogP contribution is 2.38. The predicted molar refractivity (Wildman–Crippen MR) is 178 cm³/mol. The van der Waals surface area contributed by atoms with Crippen LogP contribution >= 0.6 is 0 Å². The molecule has 1 saturated heterocycles. The van der Waals surface area contributed by atoms with Crippen molar-refractivity contribution in [3.8, 4) is 0 Å². The number of hydrazine groups is 1. The number of amides is 2. The van der Waals surface area contributed by atoms with Crippen LogP contribution < -0.4 is 5.43 Å². The van der Waals surface area contributed by atoms with E-state index >= 15 is 0 Å². The molecule has 4 rings (SSSR count). The summed E-state index contributed by atoms with van der Waals surface area (Å²) in [5.74, 6) is -2.98. The topological polar surface area (TPSA) is 222 Å². The summed E-state index contributed by atoms with van der Waals surface area (Å²) in [6.45, 7) is 7.26. The van der Waals surface area contributed by atoms with Crippen LogP contribution in [0.4, 0.5) is 9.59 Å². The van der Waals surface area contributed by atoms with Crippen molar-refractivity contribution >= 4 is 36.1 Å². The lowest BCUT2D eigenvalue weighted by molar-refractivity contribution is -0.310. The van der Waals surface area contributed by atoms with Crippen LogP contribution in [-0.4, -0.2) is 113 Å².